The first-order valence-corrected chi connectivity index (χ1v) is 8.68. The van der Waals surface area contributed by atoms with Gasteiger partial charge in [0, 0.05) is 17.8 Å². The van der Waals surface area contributed by atoms with E-state index in [1.165, 1.54) is 0 Å². The molecule has 0 fully saturated rings. The minimum atomic E-state index is -0.477. The smallest absolute Gasteiger partial charge is 0.333 e. The molecule has 0 aromatic rings. The highest BCUT2D eigenvalue weighted by atomic mass is 16.6. The minimum Gasteiger partial charge on any atom is -0.458 e. The molecule has 0 aliphatic heterocycles. The molecule has 1 N–H and O–H groups in total. The Labute approximate surface area is 145 Å². The van der Waals surface area contributed by atoms with Gasteiger partial charge >= 0.3 is 11.9 Å². The summed E-state index contributed by atoms with van der Waals surface area (Å²) in [7, 11) is 0. The first-order valence-electron chi connectivity index (χ1n) is 8.68. The first kappa shape index (κ1) is 22.4. The average molecular weight is 340 g/mol. The first-order chi connectivity index (χ1) is 11.4. The third-order valence-electron chi connectivity index (χ3n) is 3.56. The zero-order valence-electron chi connectivity index (χ0n) is 15.1. The molecule has 0 heterocycles. The Kier molecular flexibility index (Phi) is 12.9. The van der Waals surface area contributed by atoms with Crippen LogP contribution in [-0.4, -0.2) is 36.4 Å². The molecule has 1 unspecified atom stereocenters. The van der Waals surface area contributed by atoms with Crippen molar-refractivity contribution in [3.63, 3.8) is 0 Å². The van der Waals surface area contributed by atoms with Crippen molar-refractivity contribution in [1.82, 2.24) is 0 Å². The van der Waals surface area contributed by atoms with E-state index in [9.17, 15) is 9.59 Å². The Morgan fingerprint density at radius 1 is 0.875 bits per heavy atom. The molecule has 0 saturated heterocycles. The van der Waals surface area contributed by atoms with E-state index in [2.05, 4.69) is 13.2 Å². The van der Waals surface area contributed by atoms with Crippen LogP contribution in [0.5, 0.6) is 0 Å². The summed E-state index contributed by atoms with van der Waals surface area (Å²) in [5.74, 6) is -0.939. The molecule has 0 bridgehead atoms. The van der Waals surface area contributed by atoms with Gasteiger partial charge in [0.2, 0.25) is 0 Å². The highest BCUT2D eigenvalue weighted by Gasteiger charge is 2.17. The molecule has 0 radical (unpaired) electrons. The number of carbonyl (C=O) groups excluding carboxylic acids is 2. The van der Waals surface area contributed by atoms with Crippen molar-refractivity contribution in [2.75, 3.05) is 13.2 Å². The van der Waals surface area contributed by atoms with E-state index in [0.717, 1.165) is 44.9 Å². The van der Waals surface area contributed by atoms with Crippen LogP contribution in [0.3, 0.4) is 0 Å². The summed E-state index contributed by atoms with van der Waals surface area (Å²) < 4.78 is 10.4. The molecule has 0 aromatic heterocycles. The summed E-state index contributed by atoms with van der Waals surface area (Å²) in [6, 6.07) is 0. The normalized spacial score (nSPS) is 11.6. The molecule has 1 atom stereocenters. The van der Waals surface area contributed by atoms with Gasteiger partial charge in [0.25, 0.3) is 0 Å². The second-order valence-corrected chi connectivity index (χ2v) is 6.17. The molecule has 5 nitrogen and oxygen atoms in total. The van der Waals surface area contributed by atoms with Crippen LogP contribution in [0.4, 0.5) is 0 Å². The van der Waals surface area contributed by atoms with Gasteiger partial charge in [0.05, 0.1) is 0 Å². The summed E-state index contributed by atoms with van der Waals surface area (Å²) in [6.45, 7) is 10.6. The Balaban J connectivity index is 4.10. The van der Waals surface area contributed by atoms with E-state index < -0.39 is 18.0 Å². The predicted octanol–water partition coefficient (Wildman–Crippen LogP) is 3.71. The van der Waals surface area contributed by atoms with Crippen LogP contribution in [0.15, 0.2) is 24.3 Å². The average Bonchev–Trinajstić information content (AvgIpc) is 2.53. The van der Waals surface area contributed by atoms with Gasteiger partial charge in [-0.1, -0.05) is 45.3 Å². The highest BCUT2D eigenvalue weighted by molar-refractivity contribution is 5.87. The number of carbonyl (C=O) groups is 2. The van der Waals surface area contributed by atoms with Crippen LogP contribution >= 0.6 is 0 Å². The number of hydrogen-bond donors (Lipinski definition) is 1. The van der Waals surface area contributed by atoms with E-state index in [0.29, 0.717) is 17.6 Å². The lowest BCUT2D eigenvalue weighted by Crippen LogP contribution is -2.25. The van der Waals surface area contributed by atoms with E-state index in [1.54, 1.807) is 13.8 Å². The maximum atomic E-state index is 11.7. The molecule has 0 spiro atoms. The predicted molar refractivity (Wildman–Crippen MR) is 94.5 cm³/mol. The molecule has 138 valence electrons. The summed E-state index contributed by atoms with van der Waals surface area (Å²) in [5.41, 5.74) is 0.651. The lowest BCUT2D eigenvalue weighted by Gasteiger charge is -2.18. The third-order valence-corrected chi connectivity index (χ3v) is 3.56. The molecule has 0 aliphatic carbocycles. The standard InChI is InChI=1S/C19H32O5/c1-15(2)18(21)23-14-17(24-19(22)16(3)4)12-10-8-6-5-7-9-11-13-20/h17,20H,1,3,5-14H2,2,4H3. The molecular formula is C19H32O5. The van der Waals surface area contributed by atoms with E-state index >= 15 is 0 Å². The fourth-order valence-electron chi connectivity index (χ4n) is 2.09. The number of aliphatic hydroxyl groups excluding tert-OH is 1. The van der Waals surface area contributed by atoms with Crippen LogP contribution in [0.2, 0.25) is 0 Å². The monoisotopic (exact) mass is 340 g/mol. The topological polar surface area (TPSA) is 72.8 Å². The summed E-state index contributed by atoms with van der Waals surface area (Å²) in [5, 5.41) is 8.71. The number of aliphatic hydroxyl groups is 1. The van der Waals surface area contributed by atoms with Crippen molar-refractivity contribution in [2.45, 2.75) is 71.3 Å². The summed E-state index contributed by atoms with van der Waals surface area (Å²) in [4.78, 5) is 23.1. The second kappa shape index (κ2) is 13.8. The molecule has 0 saturated carbocycles. The zero-order chi connectivity index (χ0) is 18.4. The maximum absolute atomic E-state index is 11.7. The van der Waals surface area contributed by atoms with Gasteiger partial charge in [-0.2, -0.15) is 0 Å². The minimum absolute atomic E-state index is 0.0429. The summed E-state index contributed by atoms with van der Waals surface area (Å²) in [6.07, 6.45) is 7.45. The SMILES string of the molecule is C=C(C)C(=O)OCC(CCCCCCCCCO)OC(=O)C(=C)C. The lowest BCUT2D eigenvalue weighted by molar-refractivity contribution is -0.154. The van der Waals surface area contributed by atoms with Crippen molar-refractivity contribution in [1.29, 1.82) is 0 Å². The molecule has 0 rings (SSSR count). The van der Waals surface area contributed by atoms with Crippen LogP contribution < -0.4 is 0 Å². The number of unbranched alkanes of at least 4 members (excludes halogenated alkanes) is 6. The van der Waals surface area contributed by atoms with Gasteiger partial charge in [-0.3, -0.25) is 0 Å². The Morgan fingerprint density at radius 3 is 1.88 bits per heavy atom. The van der Waals surface area contributed by atoms with Gasteiger partial charge < -0.3 is 14.6 Å². The van der Waals surface area contributed by atoms with Crippen LogP contribution in [0, 0.1) is 0 Å². The van der Waals surface area contributed by atoms with Crippen molar-refractivity contribution in [3.8, 4) is 0 Å². The molecule has 0 aromatic carbocycles. The highest BCUT2D eigenvalue weighted by Crippen LogP contribution is 2.13. The van der Waals surface area contributed by atoms with Crippen molar-refractivity contribution < 1.29 is 24.2 Å². The maximum Gasteiger partial charge on any atom is 0.333 e. The third kappa shape index (κ3) is 11.9. The van der Waals surface area contributed by atoms with Crippen molar-refractivity contribution in [2.24, 2.45) is 0 Å². The Hall–Kier alpha value is -1.62. The van der Waals surface area contributed by atoms with Gasteiger partial charge in [0.1, 0.15) is 12.7 Å². The quantitative estimate of drug-likeness (QED) is 0.296. The van der Waals surface area contributed by atoms with Crippen molar-refractivity contribution >= 4 is 11.9 Å². The van der Waals surface area contributed by atoms with Crippen LogP contribution in [-0.2, 0) is 19.1 Å². The van der Waals surface area contributed by atoms with Crippen molar-refractivity contribution in [3.05, 3.63) is 24.3 Å². The molecule has 24 heavy (non-hydrogen) atoms. The number of ether oxygens (including phenoxy) is 2. The van der Waals surface area contributed by atoms with Gasteiger partial charge in [0.15, 0.2) is 0 Å². The molecule has 0 aliphatic rings. The molecular weight excluding hydrogens is 308 g/mol. The molecule has 0 amide bonds. The Bertz CT molecular complexity index is 414. The lowest BCUT2D eigenvalue weighted by atomic mass is 10.1. The van der Waals surface area contributed by atoms with Crippen LogP contribution in [0.1, 0.15) is 65.2 Å². The number of rotatable bonds is 14. The number of hydrogen-bond acceptors (Lipinski definition) is 5. The van der Waals surface area contributed by atoms with Gasteiger partial charge in [-0.05, 0) is 33.1 Å². The largest absolute Gasteiger partial charge is 0.458 e. The van der Waals surface area contributed by atoms with Gasteiger partial charge in [-0.15, -0.1) is 0 Å². The number of esters is 2. The van der Waals surface area contributed by atoms with E-state index in [1.807, 2.05) is 0 Å². The van der Waals surface area contributed by atoms with E-state index in [4.69, 9.17) is 14.6 Å². The van der Waals surface area contributed by atoms with Gasteiger partial charge in [-0.25, -0.2) is 9.59 Å². The fraction of sp³-hybridized carbons (Fsp3) is 0.684. The Morgan fingerprint density at radius 2 is 1.38 bits per heavy atom. The van der Waals surface area contributed by atoms with Crippen LogP contribution in [0.25, 0.3) is 0 Å². The van der Waals surface area contributed by atoms with E-state index in [-0.39, 0.29) is 13.2 Å². The fourth-order valence-corrected chi connectivity index (χ4v) is 2.09. The molecule has 5 heteroatoms. The zero-order valence-corrected chi connectivity index (χ0v) is 15.1. The summed E-state index contributed by atoms with van der Waals surface area (Å²) >= 11 is 0. The second-order valence-electron chi connectivity index (χ2n) is 6.17.